The highest BCUT2D eigenvalue weighted by Gasteiger charge is 2.22. The standard InChI is InChI=1S/C27H38N4/c1-2-3-4-5-6-7-8-9-11-14-23(25(19-28)20-29)17-18-27(26(21-30)22-31)24-15-12-10-13-16-24/h24H,2-18H2,1H3. The van der Waals surface area contributed by atoms with Gasteiger partial charge in [-0.15, -0.1) is 0 Å². The summed E-state index contributed by atoms with van der Waals surface area (Å²) in [4.78, 5) is 0. The maximum Gasteiger partial charge on any atom is 0.129 e. The number of unbranched alkanes of at least 4 members (excludes halogenated alkanes) is 8. The van der Waals surface area contributed by atoms with Gasteiger partial charge in [-0.3, -0.25) is 0 Å². The van der Waals surface area contributed by atoms with Crippen molar-refractivity contribution in [2.24, 2.45) is 5.92 Å². The van der Waals surface area contributed by atoms with E-state index in [-0.39, 0.29) is 11.1 Å². The maximum atomic E-state index is 9.44. The first-order chi connectivity index (χ1) is 15.2. The molecule has 0 unspecified atom stereocenters. The topological polar surface area (TPSA) is 95.2 Å². The van der Waals surface area contributed by atoms with Gasteiger partial charge in [0.15, 0.2) is 0 Å². The zero-order valence-corrected chi connectivity index (χ0v) is 19.4. The normalized spacial score (nSPS) is 13.3. The third-order valence-electron chi connectivity index (χ3n) is 6.50. The average molecular weight is 419 g/mol. The van der Waals surface area contributed by atoms with E-state index in [1.165, 1.54) is 51.4 Å². The lowest BCUT2D eigenvalue weighted by Crippen LogP contribution is -2.11. The van der Waals surface area contributed by atoms with Crippen LogP contribution in [0.4, 0.5) is 0 Å². The van der Waals surface area contributed by atoms with Crippen LogP contribution in [0.3, 0.4) is 0 Å². The lowest BCUT2D eigenvalue weighted by Gasteiger charge is -2.25. The van der Waals surface area contributed by atoms with Crippen molar-refractivity contribution in [1.82, 2.24) is 0 Å². The lowest BCUT2D eigenvalue weighted by molar-refractivity contribution is 0.393. The van der Waals surface area contributed by atoms with E-state index >= 15 is 0 Å². The fraction of sp³-hybridized carbons (Fsp3) is 0.704. The van der Waals surface area contributed by atoms with E-state index in [1.807, 2.05) is 0 Å². The van der Waals surface area contributed by atoms with Gasteiger partial charge in [0.1, 0.15) is 35.4 Å². The Morgan fingerprint density at radius 2 is 1.13 bits per heavy atom. The Labute approximate surface area is 189 Å². The molecule has 1 aliphatic rings. The zero-order valence-electron chi connectivity index (χ0n) is 19.4. The van der Waals surface area contributed by atoms with Crippen LogP contribution in [-0.4, -0.2) is 0 Å². The number of hydrogen-bond acceptors (Lipinski definition) is 4. The quantitative estimate of drug-likeness (QED) is 0.211. The van der Waals surface area contributed by atoms with E-state index in [9.17, 15) is 21.0 Å². The molecule has 166 valence electrons. The second-order valence-electron chi connectivity index (χ2n) is 8.74. The van der Waals surface area contributed by atoms with Crippen molar-refractivity contribution in [3.63, 3.8) is 0 Å². The molecule has 0 aromatic rings. The second-order valence-corrected chi connectivity index (χ2v) is 8.74. The molecule has 4 nitrogen and oxygen atoms in total. The second kappa shape index (κ2) is 17.2. The van der Waals surface area contributed by atoms with E-state index in [2.05, 4.69) is 31.2 Å². The number of allylic oxidation sites excluding steroid dienone is 4. The molecular weight excluding hydrogens is 380 g/mol. The largest absolute Gasteiger partial charge is 0.192 e. The predicted molar refractivity (Wildman–Crippen MR) is 124 cm³/mol. The van der Waals surface area contributed by atoms with Crippen molar-refractivity contribution in [2.75, 3.05) is 0 Å². The Balaban J connectivity index is 2.65. The van der Waals surface area contributed by atoms with Crippen molar-refractivity contribution >= 4 is 0 Å². The summed E-state index contributed by atoms with van der Waals surface area (Å²) in [6, 6.07) is 8.30. The molecule has 0 atom stereocenters. The van der Waals surface area contributed by atoms with Gasteiger partial charge in [-0.05, 0) is 55.6 Å². The van der Waals surface area contributed by atoms with Gasteiger partial charge in [0.2, 0.25) is 0 Å². The molecule has 0 bridgehead atoms. The molecule has 0 aromatic carbocycles. The Morgan fingerprint density at radius 3 is 1.65 bits per heavy atom. The van der Waals surface area contributed by atoms with Crippen LogP contribution in [0.15, 0.2) is 22.3 Å². The van der Waals surface area contributed by atoms with Crippen LogP contribution in [0.1, 0.15) is 116 Å². The van der Waals surface area contributed by atoms with Crippen LogP contribution in [0.2, 0.25) is 0 Å². The summed E-state index contributed by atoms with van der Waals surface area (Å²) in [5.74, 6) is 0.296. The molecule has 1 rings (SSSR count). The molecule has 0 aliphatic heterocycles. The average Bonchev–Trinajstić information content (AvgIpc) is 2.81. The van der Waals surface area contributed by atoms with E-state index in [0.29, 0.717) is 18.8 Å². The van der Waals surface area contributed by atoms with Crippen LogP contribution in [0, 0.1) is 51.2 Å². The van der Waals surface area contributed by atoms with Crippen LogP contribution in [0.25, 0.3) is 0 Å². The van der Waals surface area contributed by atoms with Gasteiger partial charge in [0.05, 0.1) is 0 Å². The third-order valence-corrected chi connectivity index (χ3v) is 6.50. The molecule has 0 radical (unpaired) electrons. The Bertz CT molecular complexity index is 723. The first-order valence-electron chi connectivity index (χ1n) is 12.3. The first kappa shape index (κ1) is 26.5. The van der Waals surface area contributed by atoms with Crippen molar-refractivity contribution in [3.05, 3.63) is 22.3 Å². The smallest absolute Gasteiger partial charge is 0.129 e. The summed E-state index contributed by atoms with van der Waals surface area (Å²) in [6.45, 7) is 2.23. The summed E-state index contributed by atoms with van der Waals surface area (Å²) in [5.41, 5.74) is 2.31. The fourth-order valence-electron chi connectivity index (χ4n) is 4.65. The third kappa shape index (κ3) is 10.3. The van der Waals surface area contributed by atoms with E-state index < -0.39 is 0 Å². The summed E-state index contributed by atoms with van der Waals surface area (Å²) >= 11 is 0. The highest BCUT2D eigenvalue weighted by atomic mass is 14.3. The SMILES string of the molecule is CCCCCCCCCCCC(CCC(=C(C#N)C#N)C1CCCCC1)=C(C#N)C#N. The minimum absolute atomic E-state index is 0.220. The summed E-state index contributed by atoms with van der Waals surface area (Å²) in [5, 5.41) is 37.7. The molecule has 0 saturated heterocycles. The molecule has 0 heterocycles. The molecule has 4 heteroatoms. The Kier molecular flexibility index (Phi) is 14.7. The monoisotopic (exact) mass is 418 g/mol. The Hall–Kier alpha value is -2.56. The van der Waals surface area contributed by atoms with Crippen molar-refractivity contribution in [1.29, 1.82) is 21.0 Å². The molecule has 0 aromatic heterocycles. The van der Waals surface area contributed by atoms with Crippen LogP contribution >= 0.6 is 0 Å². The summed E-state index contributed by atoms with van der Waals surface area (Å²) in [7, 11) is 0. The molecule has 1 fully saturated rings. The molecule has 31 heavy (non-hydrogen) atoms. The summed E-state index contributed by atoms with van der Waals surface area (Å²) < 4.78 is 0. The predicted octanol–water partition coefficient (Wildman–Crippen LogP) is 7.96. The number of hydrogen-bond donors (Lipinski definition) is 0. The van der Waals surface area contributed by atoms with Gasteiger partial charge < -0.3 is 0 Å². The van der Waals surface area contributed by atoms with Gasteiger partial charge in [0.25, 0.3) is 0 Å². The molecule has 0 amide bonds. The number of rotatable bonds is 14. The van der Waals surface area contributed by atoms with Crippen molar-refractivity contribution < 1.29 is 0 Å². The number of nitriles is 4. The van der Waals surface area contributed by atoms with Crippen LogP contribution in [0.5, 0.6) is 0 Å². The van der Waals surface area contributed by atoms with Gasteiger partial charge in [-0.2, -0.15) is 21.0 Å². The molecule has 1 saturated carbocycles. The number of nitrogens with zero attached hydrogens (tertiary/aromatic N) is 4. The lowest BCUT2D eigenvalue weighted by atomic mass is 9.79. The first-order valence-corrected chi connectivity index (χ1v) is 12.3. The minimum atomic E-state index is 0.220. The molecule has 0 N–H and O–H groups in total. The molecular formula is C27H38N4. The highest BCUT2D eigenvalue weighted by molar-refractivity contribution is 5.43. The van der Waals surface area contributed by atoms with Crippen molar-refractivity contribution in [3.8, 4) is 24.3 Å². The van der Waals surface area contributed by atoms with E-state index in [4.69, 9.17) is 0 Å². The summed E-state index contributed by atoms with van der Waals surface area (Å²) in [6.07, 6.45) is 18.7. The van der Waals surface area contributed by atoms with Gasteiger partial charge in [0, 0.05) is 0 Å². The van der Waals surface area contributed by atoms with E-state index in [0.717, 1.165) is 56.1 Å². The van der Waals surface area contributed by atoms with Crippen LogP contribution < -0.4 is 0 Å². The maximum absolute atomic E-state index is 9.44. The van der Waals surface area contributed by atoms with Crippen LogP contribution in [-0.2, 0) is 0 Å². The van der Waals surface area contributed by atoms with E-state index in [1.54, 1.807) is 0 Å². The van der Waals surface area contributed by atoms with Gasteiger partial charge >= 0.3 is 0 Å². The Morgan fingerprint density at radius 1 is 0.613 bits per heavy atom. The molecule has 1 aliphatic carbocycles. The molecule has 0 spiro atoms. The van der Waals surface area contributed by atoms with Gasteiger partial charge in [-0.1, -0.05) is 77.6 Å². The van der Waals surface area contributed by atoms with Gasteiger partial charge in [-0.25, -0.2) is 0 Å². The fourth-order valence-corrected chi connectivity index (χ4v) is 4.65. The highest BCUT2D eigenvalue weighted by Crippen LogP contribution is 2.35. The zero-order chi connectivity index (χ0) is 22.7. The minimum Gasteiger partial charge on any atom is -0.192 e. The van der Waals surface area contributed by atoms with Crippen molar-refractivity contribution in [2.45, 2.75) is 116 Å².